The summed E-state index contributed by atoms with van der Waals surface area (Å²) in [5.41, 5.74) is 1.55. The molecule has 0 amide bonds. The van der Waals surface area contributed by atoms with E-state index in [2.05, 4.69) is 0 Å². The monoisotopic (exact) mass is 384 g/mol. The zero-order valence-corrected chi connectivity index (χ0v) is 16.0. The first kappa shape index (κ1) is 21.2. The topological polar surface area (TPSA) is 78.9 Å². The van der Waals surface area contributed by atoms with Gasteiger partial charge in [-0.1, -0.05) is 67.6 Å². The Morgan fingerprint density at radius 2 is 1.14 bits per heavy atom. The Morgan fingerprint density at radius 3 is 1.54 bits per heavy atom. The van der Waals surface area contributed by atoms with Crippen molar-refractivity contribution >= 4 is 17.9 Å². The van der Waals surface area contributed by atoms with E-state index in [-0.39, 0.29) is 19.8 Å². The van der Waals surface area contributed by atoms with Gasteiger partial charge in [0.05, 0.1) is 12.5 Å². The van der Waals surface area contributed by atoms with Crippen LogP contribution in [-0.2, 0) is 41.8 Å². The molecule has 0 spiro atoms. The average molecular weight is 384 g/mol. The highest BCUT2D eigenvalue weighted by Gasteiger charge is 2.40. The lowest BCUT2D eigenvalue weighted by atomic mass is 9.94. The number of rotatable bonds is 9. The van der Waals surface area contributed by atoms with Gasteiger partial charge < -0.3 is 14.2 Å². The van der Waals surface area contributed by atoms with Gasteiger partial charge in [0.1, 0.15) is 13.2 Å². The predicted molar refractivity (Wildman–Crippen MR) is 102 cm³/mol. The van der Waals surface area contributed by atoms with E-state index in [9.17, 15) is 14.4 Å². The predicted octanol–water partition coefficient (Wildman–Crippen LogP) is 3.29. The number of ether oxygens (including phenoxy) is 3. The molecule has 2 aromatic rings. The summed E-state index contributed by atoms with van der Waals surface area (Å²) in [6.07, 6.45) is 0. The normalized spacial score (nSPS) is 11.5. The van der Waals surface area contributed by atoms with E-state index >= 15 is 0 Å². The van der Waals surface area contributed by atoms with Crippen molar-refractivity contribution in [3.05, 3.63) is 71.8 Å². The Balaban J connectivity index is 2.07. The molecule has 6 heteroatoms. The van der Waals surface area contributed by atoms with Crippen molar-refractivity contribution in [1.82, 2.24) is 0 Å². The molecule has 0 fully saturated rings. The number of hydrogen-bond donors (Lipinski definition) is 0. The first-order chi connectivity index (χ1) is 13.5. The molecule has 6 nitrogen and oxygen atoms in total. The van der Waals surface area contributed by atoms with Crippen LogP contribution in [0.2, 0.25) is 0 Å². The van der Waals surface area contributed by atoms with Crippen molar-refractivity contribution < 1.29 is 28.6 Å². The van der Waals surface area contributed by atoms with Crippen LogP contribution in [0.4, 0.5) is 0 Å². The average Bonchev–Trinajstić information content (AvgIpc) is 2.72. The molecule has 28 heavy (non-hydrogen) atoms. The van der Waals surface area contributed by atoms with E-state index in [1.807, 2.05) is 36.4 Å². The Labute approximate surface area is 164 Å². The van der Waals surface area contributed by atoms with Gasteiger partial charge in [0.2, 0.25) is 0 Å². The van der Waals surface area contributed by atoms with Gasteiger partial charge in [0.15, 0.2) is 5.92 Å². The van der Waals surface area contributed by atoms with Crippen LogP contribution in [0.15, 0.2) is 60.7 Å². The second kappa shape index (κ2) is 10.9. The molecule has 0 unspecified atom stereocenters. The number of hydrogen-bond acceptors (Lipinski definition) is 6. The van der Waals surface area contributed by atoms with Crippen LogP contribution in [0.5, 0.6) is 0 Å². The second-order valence-electron chi connectivity index (χ2n) is 6.21. The Hall–Kier alpha value is -3.15. The highest BCUT2D eigenvalue weighted by molar-refractivity contribution is 5.99. The molecule has 0 N–H and O–H groups in total. The molecule has 0 aromatic heterocycles. The van der Waals surface area contributed by atoms with Gasteiger partial charge in [0, 0.05) is 0 Å². The summed E-state index contributed by atoms with van der Waals surface area (Å²) in [5.74, 6) is -4.70. The molecule has 0 saturated carbocycles. The summed E-state index contributed by atoms with van der Waals surface area (Å²) in [5, 5.41) is 0. The van der Waals surface area contributed by atoms with Crippen LogP contribution in [0, 0.1) is 11.8 Å². The Kier molecular flexibility index (Phi) is 8.21. The maximum absolute atomic E-state index is 12.6. The summed E-state index contributed by atoms with van der Waals surface area (Å²) in [7, 11) is 0. The van der Waals surface area contributed by atoms with Crippen molar-refractivity contribution in [2.24, 2.45) is 11.8 Å². The highest BCUT2D eigenvalue weighted by atomic mass is 16.6. The minimum absolute atomic E-state index is 0.00230. The van der Waals surface area contributed by atoms with E-state index in [0.717, 1.165) is 11.1 Å². The van der Waals surface area contributed by atoms with Crippen LogP contribution in [0.25, 0.3) is 0 Å². The molecule has 1 atom stereocenters. The molecule has 0 radical (unpaired) electrons. The van der Waals surface area contributed by atoms with Crippen molar-refractivity contribution in [3.8, 4) is 0 Å². The number of benzene rings is 2. The molecule has 0 aliphatic carbocycles. The van der Waals surface area contributed by atoms with Crippen LogP contribution in [0.3, 0.4) is 0 Å². The maximum Gasteiger partial charge on any atom is 0.321 e. The fourth-order valence-corrected chi connectivity index (χ4v) is 2.55. The first-order valence-electron chi connectivity index (χ1n) is 9.10. The molecule has 2 rings (SSSR count). The largest absolute Gasteiger partial charge is 0.466 e. The molecule has 0 aliphatic heterocycles. The SMILES string of the molecule is CCOC(=O)[C@H](C)C(C(=O)OCc1ccccc1)C(=O)OCc1ccccc1. The Bertz CT molecular complexity index is 717. The second-order valence-corrected chi connectivity index (χ2v) is 6.21. The van der Waals surface area contributed by atoms with Crippen LogP contribution in [-0.4, -0.2) is 24.5 Å². The minimum Gasteiger partial charge on any atom is -0.466 e. The molecule has 0 aliphatic rings. The van der Waals surface area contributed by atoms with Gasteiger partial charge in [0.25, 0.3) is 0 Å². The van der Waals surface area contributed by atoms with Crippen molar-refractivity contribution in [1.29, 1.82) is 0 Å². The van der Waals surface area contributed by atoms with E-state index in [4.69, 9.17) is 14.2 Å². The summed E-state index contributed by atoms with van der Waals surface area (Å²) in [6, 6.07) is 18.1. The molecule has 2 aromatic carbocycles. The fraction of sp³-hybridized carbons (Fsp3) is 0.318. The van der Waals surface area contributed by atoms with E-state index < -0.39 is 29.7 Å². The molecular weight excluding hydrogens is 360 g/mol. The van der Waals surface area contributed by atoms with Gasteiger partial charge in [-0.05, 0) is 18.1 Å². The fourth-order valence-electron chi connectivity index (χ4n) is 2.55. The van der Waals surface area contributed by atoms with E-state index in [1.165, 1.54) is 6.92 Å². The van der Waals surface area contributed by atoms with Gasteiger partial charge in [-0.3, -0.25) is 14.4 Å². The van der Waals surface area contributed by atoms with Crippen molar-refractivity contribution in [2.75, 3.05) is 6.61 Å². The molecule has 0 saturated heterocycles. The smallest absolute Gasteiger partial charge is 0.321 e. The molecule has 0 bridgehead atoms. The lowest BCUT2D eigenvalue weighted by molar-refractivity contribution is -0.172. The third-order valence-electron chi connectivity index (χ3n) is 4.11. The number of carbonyl (C=O) groups excluding carboxylic acids is 3. The van der Waals surface area contributed by atoms with Crippen LogP contribution in [0.1, 0.15) is 25.0 Å². The van der Waals surface area contributed by atoms with Crippen molar-refractivity contribution in [3.63, 3.8) is 0 Å². The van der Waals surface area contributed by atoms with Gasteiger partial charge in [-0.15, -0.1) is 0 Å². The van der Waals surface area contributed by atoms with E-state index in [1.54, 1.807) is 31.2 Å². The summed E-state index contributed by atoms with van der Waals surface area (Å²) in [4.78, 5) is 37.3. The summed E-state index contributed by atoms with van der Waals surface area (Å²) >= 11 is 0. The molecule has 148 valence electrons. The zero-order chi connectivity index (χ0) is 20.4. The number of esters is 3. The van der Waals surface area contributed by atoms with Crippen LogP contribution >= 0.6 is 0 Å². The van der Waals surface area contributed by atoms with Gasteiger partial charge in [-0.2, -0.15) is 0 Å². The lowest BCUT2D eigenvalue weighted by Gasteiger charge is -2.20. The molecular formula is C22H24O6. The third-order valence-corrected chi connectivity index (χ3v) is 4.11. The van der Waals surface area contributed by atoms with Gasteiger partial charge in [-0.25, -0.2) is 0 Å². The standard InChI is InChI=1S/C22H24O6/c1-3-26-20(23)16(2)19(21(24)27-14-17-10-6-4-7-11-17)22(25)28-15-18-12-8-5-9-13-18/h4-13,16,19H,3,14-15H2,1-2H3/t16-/m1/s1. The minimum atomic E-state index is -1.40. The zero-order valence-electron chi connectivity index (χ0n) is 16.0. The maximum atomic E-state index is 12.6. The summed E-state index contributed by atoms with van der Waals surface area (Å²) in [6.45, 7) is 3.25. The third kappa shape index (κ3) is 6.23. The van der Waals surface area contributed by atoms with E-state index in [0.29, 0.717) is 0 Å². The number of carbonyl (C=O) groups is 3. The lowest BCUT2D eigenvalue weighted by Crippen LogP contribution is -2.37. The van der Waals surface area contributed by atoms with Crippen LogP contribution < -0.4 is 0 Å². The quantitative estimate of drug-likeness (QED) is 0.375. The Morgan fingerprint density at radius 1 is 0.714 bits per heavy atom. The summed E-state index contributed by atoms with van der Waals surface area (Å²) < 4.78 is 15.5. The highest BCUT2D eigenvalue weighted by Crippen LogP contribution is 2.19. The van der Waals surface area contributed by atoms with Crippen molar-refractivity contribution in [2.45, 2.75) is 27.1 Å². The van der Waals surface area contributed by atoms with Gasteiger partial charge >= 0.3 is 17.9 Å². The first-order valence-corrected chi connectivity index (χ1v) is 9.10. The molecule has 0 heterocycles.